The molecule has 0 unspecified atom stereocenters. The van der Waals surface area contributed by atoms with Crippen LogP contribution in [0.15, 0.2) is 66.7 Å². The Labute approximate surface area is 153 Å². The Hall–Kier alpha value is -2.78. The van der Waals surface area contributed by atoms with Crippen molar-refractivity contribution in [2.24, 2.45) is 0 Å². The van der Waals surface area contributed by atoms with Gasteiger partial charge in [0.1, 0.15) is 17.6 Å². The molecule has 0 heterocycles. The molecule has 132 valence electrons. The summed E-state index contributed by atoms with van der Waals surface area (Å²) in [5.74, 6) is 1.76. The maximum Gasteiger partial charge on any atom is 0.122 e. The highest BCUT2D eigenvalue weighted by Crippen LogP contribution is 2.43. The van der Waals surface area contributed by atoms with E-state index in [1.54, 1.807) is 14.2 Å². The van der Waals surface area contributed by atoms with Gasteiger partial charge in [-0.25, -0.2) is 0 Å². The van der Waals surface area contributed by atoms with E-state index in [9.17, 15) is 5.11 Å². The van der Waals surface area contributed by atoms with E-state index in [1.165, 1.54) is 11.1 Å². The molecule has 3 aromatic rings. The number of hydrogen-bond donors (Lipinski definition) is 1. The summed E-state index contributed by atoms with van der Waals surface area (Å²) in [4.78, 5) is 0. The van der Waals surface area contributed by atoms with Crippen molar-refractivity contribution in [1.29, 1.82) is 0 Å². The first-order valence-electron chi connectivity index (χ1n) is 8.79. The summed E-state index contributed by atoms with van der Waals surface area (Å²) in [5, 5.41) is 10.8. The summed E-state index contributed by atoms with van der Waals surface area (Å²) >= 11 is 0. The molecule has 4 rings (SSSR count). The molecule has 3 heteroatoms. The maximum absolute atomic E-state index is 10.8. The molecular formula is C23H22O3. The molecule has 3 nitrogen and oxygen atoms in total. The minimum atomic E-state index is -0.571. The molecule has 26 heavy (non-hydrogen) atoms. The van der Waals surface area contributed by atoms with Crippen molar-refractivity contribution in [3.8, 4) is 11.5 Å². The van der Waals surface area contributed by atoms with E-state index in [-0.39, 0.29) is 5.92 Å². The molecule has 0 saturated carbocycles. The second-order valence-electron chi connectivity index (χ2n) is 6.64. The highest BCUT2D eigenvalue weighted by molar-refractivity contribution is 5.52. The van der Waals surface area contributed by atoms with E-state index in [0.29, 0.717) is 0 Å². The molecule has 0 radical (unpaired) electrons. The molecule has 0 spiro atoms. The Morgan fingerprint density at radius 3 is 1.65 bits per heavy atom. The third kappa shape index (κ3) is 2.85. The van der Waals surface area contributed by atoms with Crippen LogP contribution in [0.1, 0.15) is 39.8 Å². The lowest BCUT2D eigenvalue weighted by atomic mass is 9.74. The number of ether oxygens (including phenoxy) is 2. The van der Waals surface area contributed by atoms with Gasteiger partial charge in [-0.05, 0) is 46.4 Å². The van der Waals surface area contributed by atoms with Gasteiger partial charge in [0.25, 0.3) is 0 Å². The van der Waals surface area contributed by atoms with Crippen LogP contribution in [0.5, 0.6) is 11.5 Å². The summed E-state index contributed by atoms with van der Waals surface area (Å²) in [6.07, 6.45) is 0.243. The summed E-state index contributed by atoms with van der Waals surface area (Å²) in [6.45, 7) is 0. The zero-order valence-corrected chi connectivity index (χ0v) is 15.0. The Morgan fingerprint density at radius 1 is 0.731 bits per heavy atom. The number of fused-ring (bicyclic) bond motifs is 2. The molecule has 0 aliphatic heterocycles. The molecule has 0 fully saturated rings. The van der Waals surface area contributed by atoms with Crippen molar-refractivity contribution in [3.05, 3.63) is 94.5 Å². The fraction of sp³-hybridized carbons (Fsp3) is 0.217. The van der Waals surface area contributed by atoms with Gasteiger partial charge in [0.05, 0.1) is 14.2 Å². The Balaban J connectivity index is 1.81. The monoisotopic (exact) mass is 346 g/mol. The zero-order chi connectivity index (χ0) is 18.1. The van der Waals surface area contributed by atoms with Crippen LogP contribution < -0.4 is 9.47 Å². The van der Waals surface area contributed by atoms with Gasteiger partial charge in [-0.1, -0.05) is 48.5 Å². The van der Waals surface area contributed by atoms with Gasteiger partial charge in [0, 0.05) is 12.0 Å². The van der Waals surface area contributed by atoms with Crippen LogP contribution in [0, 0.1) is 0 Å². The smallest absolute Gasteiger partial charge is 0.122 e. The SMILES string of the molecule is COc1cc(CC2c3ccccc3C(O)c3ccccc32)cc(OC)c1. The lowest BCUT2D eigenvalue weighted by Gasteiger charge is -2.32. The minimum Gasteiger partial charge on any atom is -0.497 e. The lowest BCUT2D eigenvalue weighted by molar-refractivity contribution is 0.213. The van der Waals surface area contributed by atoms with Crippen LogP contribution in [0.4, 0.5) is 0 Å². The minimum absolute atomic E-state index is 0.183. The van der Waals surface area contributed by atoms with Crippen molar-refractivity contribution < 1.29 is 14.6 Å². The normalized spacial score (nSPS) is 18.0. The highest BCUT2D eigenvalue weighted by atomic mass is 16.5. The summed E-state index contributed by atoms with van der Waals surface area (Å²) in [5.41, 5.74) is 5.49. The van der Waals surface area contributed by atoms with Gasteiger partial charge in [-0.3, -0.25) is 0 Å². The topological polar surface area (TPSA) is 38.7 Å². The Kier molecular flexibility index (Phi) is 4.39. The molecule has 1 N–H and O–H groups in total. The molecule has 0 atom stereocenters. The van der Waals surface area contributed by atoms with Gasteiger partial charge in [0.15, 0.2) is 0 Å². The van der Waals surface area contributed by atoms with Crippen LogP contribution in [-0.2, 0) is 6.42 Å². The van der Waals surface area contributed by atoms with E-state index in [2.05, 4.69) is 24.3 Å². The molecule has 0 amide bonds. The fourth-order valence-corrected chi connectivity index (χ4v) is 3.93. The number of benzene rings is 3. The summed E-state index contributed by atoms with van der Waals surface area (Å²) in [6, 6.07) is 22.3. The third-order valence-corrected chi connectivity index (χ3v) is 5.18. The fourth-order valence-electron chi connectivity index (χ4n) is 3.93. The largest absolute Gasteiger partial charge is 0.497 e. The second kappa shape index (κ2) is 6.85. The number of aliphatic hydroxyl groups excluding tert-OH is 1. The highest BCUT2D eigenvalue weighted by Gasteiger charge is 2.30. The van der Waals surface area contributed by atoms with Gasteiger partial charge < -0.3 is 14.6 Å². The van der Waals surface area contributed by atoms with Crippen molar-refractivity contribution in [2.45, 2.75) is 18.4 Å². The summed E-state index contributed by atoms with van der Waals surface area (Å²) < 4.78 is 10.8. The van der Waals surface area contributed by atoms with Crippen LogP contribution >= 0.6 is 0 Å². The molecule has 0 bridgehead atoms. The molecule has 0 saturated heterocycles. The summed E-state index contributed by atoms with van der Waals surface area (Å²) in [7, 11) is 3.33. The standard InChI is InChI=1S/C23H22O3/c1-25-16-11-15(12-17(14-16)26-2)13-22-18-7-3-5-9-20(18)23(24)21-10-6-4-8-19(21)22/h3-12,14,22-24H,13H2,1-2H3. The number of hydrogen-bond acceptors (Lipinski definition) is 3. The third-order valence-electron chi connectivity index (χ3n) is 5.18. The van der Waals surface area contributed by atoms with Crippen LogP contribution in [-0.4, -0.2) is 19.3 Å². The van der Waals surface area contributed by atoms with Crippen molar-refractivity contribution in [3.63, 3.8) is 0 Å². The van der Waals surface area contributed by atoms with Crippen molar-refractivity contribution >= 4 is 0 Å². The molecule has 1 aliphatic rings. The van der Waals surface area contributed by atoms with Gasteiger partial charge >= 0.3 is 0 Å². The average molecular weight is 346 g/mol. The van der Waals surface area contributed by atoms with Crippen LogP contribution in [0.2, 0.25) is 0 Å². The van der Waals surface area contributed by atoms with E-state index in [4.69, 9.17) is 9.47 Å². The first-order valence-corrected chi connectivity index (χ1v) is 8.79. The predicted molar refractivity (Wildman–Crippen MR) is 102 cm³/mol. The number of aliphatic hydroxyl groups is 1. The quantitative estimate of drug-likeness (QED) is 0.757. The van der Waals surface area contributed by atoms with Gasteiger partial charge in [-0.2, -0.15) is 0 Å². The van der Waals surface area contributed by atoms with Crippen LogP contribution in [0.3, 0.4) is 0 Å². The van der Waals surface area contributed by atoms with Gasteiger partial charge in [0.2, 0.25) is 0 Å². The zero-order valence-electron chi connectivity index (χ0n) is 15.0. The maximum atomic E-state index is 10.8. The predicted octanol–water partition coefficient (Wildman–Crippen LogP) is 4.47. The Bertz CT molecular complexity index is 862. The van der Waals surface area contributed by atoms with E-state index in [1.807, 2.05) is 42.5 Å². The number of rotatable bonds is 4. The molecule has 3 aromatic carbocycles. The van der Waals surface area contributed by atoms with E-state index < -0.39 is 6.10 Å². The second-order valence-corrected chi connectivity index (χ2v) is 6.64. The average Bonchev–Trinajstić information content (AvgIpc) is 2.70. The van der Waals surface area contributed by atoms with Crippen LogP contribution in [0.25, 0.3) is 0 Å². The molecular weight excluding hydrogens is 324 g/mol. The molecule has 1 aliphatic carbocycles. The van der Waals surface area contributed by atoms with Crippen molar-refractivity contribution in [2.75, 3.05) is 14.2 Å². The van der Waals surface area contributed by atoms with E-state index >= 15 is 0 Å². The first-order chi connectivity index (χ1) is 12.7. The van der Waals surface area contributed by atoms with Gasteiger partial charge in [-0.15, -0.1) is 0 Å². The first kappa shape index (κ1) is 16.7. The van der Waals surface area contributed by atoms with E-state index in [0.717, 1.165) is 34.6 Å². The number of methoxy groups -OCH3 is 2. The lowest BCUT2D eigenvalue weighted by Crippen LogP contribution is -2.19. The molecule has 0 aromatic heterocycles. The van der Waals surface area contributed by atoms with Crippen molar-refractivity contribution in [1.82, 2.24) is 0 Å². The Morgan fingerprint density at radius 2 is 1.19 bits per heavy atom.